The lowest BCUT2D eigenvalue weighted by atomic mass is 9.97. The molecule has 1 aliphatic rings. The molecule has 2 heterocycles. The average Bonchev–Trinajstić information content (AvgIpc) is 3.07. The van der Waals surface area contributed by atoms with Gasteiger partial charge in [0, 0.05) is 19.5 Å². The average molecular weight is 378 g/mol. The first kappa shape index (κ1) is 18.1. The van der Waals surface area contributed by atoms with Gasteiger partial charge in [-0.25, -0.2) is 0 Å². The van der Waals surface area contributed by atoms with Crippen LogP contribution in [0.25, 0.3) is 10.2 Å². The summed E-state index contributed by atoms with van der Waals surface area (Å²) in [5.74, 6) is 0.0385. The maximum Gasteiger partial charge on any atom is 0.272 e. The van der Waals surface area contributed by atoms with Crippen LogP contribution >= 0.6 is 23.6 Å². The minimum absolute atomic E-state index is 0.0385. The maximum absolute atomic E-state index is 12.4. The maximum atomic E-state index is 12.4. The van der Waals surface area contributed by atoms with Crippen molar-refractivity contribution in [3.05, 3.63) is 38.2 Å². The van der Waals surface area contributed by atoms with Crippen molar-refractivity contribution in [2.75, 3.05) is 6.54 Å². The summed E-state index contributed by atoms with van der Waals surface area (Å²) in [6.45, 7) is 1.16. The lowest BCUT2D eigenvalue weighted by Gasteiger charge is -2.13. The van der Waals surface area contributed by atoms with E-state index in [1.165, 1.54) is 42.6 Å². The quantitative estimate of drug-likeness (QED) is 0.568. The van der Waals surface area contributed by atoms with Gasteiger partial charge in [0.25, 0.3) is 5.56 Å². The van der Waals surface area contributed by atoms with E-state index in [4.69, 9.17) is 12.2 Å². The molecule has 0 spiro atoms. The number of carbonyl (C=O) groups excluding carboxylic acids is 1. The molecule has 2 aromatic heterocycles. The fraction of sp³-hybridized carbons (Fsp3) is 0.500. The molecule has 25 heavy (non-hydrogen) atoms. The Labute approximate surface area is 155 Å². The monoisotopic (exact) mass is 377 g/mol. The van der Waals surface area contributed by atoms with Crippen molar-refractivity contribution in [3.8, 4) is 0 Å². The largest absolute Gasteiger partial charge is 0.356 e. The third-order valence-corrected chi connectivity index (χ3v) is 5.76. The van der Waals surface area contributed by atoms with Gasteiger partial charge in [0.05, 0.1) is 5.52 Å². The number of carbonyl (C=O) groups is 1. The van der Waals surface area contributed by atoms with Gasteiger partial charge in [-0.1, -0.05) is 11.6 Å². The second kappa shape index (κ2) is 8.58. The minimum atomic E-state index is -0.0709. The molecule has 0 saturated heterocycles. The summed E-state index contributed by atoms with van der Waals surface area (Å²) in [5, 5.41) is 4.84. The number of H-pyrrole nitrogens is 1. The molecule has 7 heteroatoms. The van der Waals surface area contributed by atoms with Crippen molar-refractivity contribution in [3.63, 3.8) is 0 Å². The molecule has 0 bridgehead atoms. The summed E-state index contributed by atoms with van der Waals surface area (Å²) in [4.78, 5) is 27.4. The molecule has 1 aliphatic carbocycles. The topological polar surface area (TPSA) is 66.9 Å². The lowest BCUT2D eigenvalue weighted by molar-refractivity contribution is -0.121. The number of thiophene rings is 1. The van der Waals surface area contributed by atoms with Gasteiger partial charge in [-0.2, -0.15) is 0 Å². The van der Waals surface area contributed by atoms with E-state index in [0.29, 0.717) is 35.4 Å². The van der Waals surface area contributed by atoms with Crippen LogP contribution in [0, 0.1) is 4.77 Å². The zero-order chi connectivity index (χ0) is 17.6. The summed E-state index contributed by atoms with van der Waals surface area (Å²) >= 11 is 6.67. The highest BCUT2D eigenvalue weighted by atomic mass is 32.1. The fourth-order valence-electron chi connectivity index (χ4n) is 3.15. The van der Waals surface area contributed by atoms with Gasteiger partial charge >= 0.3 is 0 Å². The van der Waals surface area contributed by atoms with Gasteiger partial charge in [-0.15, -0.1) is 11.3 Å². The van der Waals surface area contributed by atoms with E-state index in [-0.39, 0.29) is 11.5 Å². The third-order valence-electron chi connectivity index (χ3n) is 4.53. The Morgan fingerprint density at radius 2 is 2.28 bits per heavy atom. The lowest BCUT2D eigenvalue weighted by Crippen LogP contribution is -2.26. The van der Waals surface area contributed by atoms with Crippen LogP contribution in [-0.2, 0) is 11.3 Å². The normalized spacial score (nSPS) is 14.5. The molecule has 0 unspecified atom stereocenters. The summed E-state index contributed by atoms with van der Waals surface area (Å²) in [5.41, 5.74) is 2.18. The highest BCUT2D eigenvalue weighted by Crippen LogP contribution is 2.19. The fourth-order valence-corrected chi connectivity index (χ4v) is 4.24. The van der Waals surface area contributed by atoms with E-state index in [2.05, 4.69) is 16.4 Å². The number of nitrogens with one attached hydrogen (secondary N) is 2. The molecular weight excluding hydrogens is 354 g/mol. The predicted molar refractivity (Wildman–Crippen MR) is 105 cm³/mol. The van der Waals surface area contributed by atoms with Crippen LogP contribution < -0.4 is 10.9 Å². The molecule has 0 atom stereocenters. The number of hydrogen-bond acceptors (Lipinski definition) is 4. The predicted octanol–water partition coefficient (Wildman–Crippen LogP) is 3.91. The Hall–Kier alpha value is -1.73. The molecule has 0 fully saturated rings. The molecule has 1 amide bonds. The van der Waals surface area contributed by atoms with Crippen LogP contribution in [0.15, 0.2) is 27.9 Å². The number of fused-ring (bicyclic) bond motifs is 1. The molecule has 0 radical (unpaired) electrons. The number of rotatable bonds is 7. The van der Waals surface area contributed by atoms with Crippen LogP contribution in [0.2, 0.25) is 0 Å². The number of hydrogen-bond donors (Lipinski definition) is 2. The minimum Gasteiger partial charge on any atom is -0.356 e. The van der Waals surface area contributed by atoms with Crippen LogP contribution in [-0.4, -0.2) is 22.0 Å². The number of aromatic nitrogens is 2. The molecule has 3 rings (SSSR count). The van der Waals surface area contributed by atoms with Crippen molar-refractivity contribution in [1.29, 1.82) is 0 Å². The first-order valence-corrected chi connectivity index (χ1v) is 10.1. The van der Waals surface area contributed by atoms with Crippen LogP contribution in [0.3, 0.4) is 0 Å². The molecule has 2 N–H and O–H groups in total. The number of allylic oxidation sites excluding steroid dienone is 1. The van der Waals surface area contributed by atoms with Crippen LogP contribution in [0.1, 0.15) is 44.9 Å². The second-order valence-corrected chi connectivity index (χ2v) is 7.66. The Bertz CT molecular complexity index is 892. The highest BCUT2D eigenvalue weighted by Gasteiger charge is 2.08. The Morgan fingerprint density at radius 3 is 3.08 bits per heavy atom. The third kappa shape index (κ3) is 4.67. The van der Waals surface area contributed by atoms with Crippen molar-refractivity contribution in [1.82, 2.24) is 14.9 Å². The van der Waals surface area contributed by atoms with Crippen LogP contribution in [0.4, 0.5) is 0 Å². The highest BCUT2D eigenvalue weighted by molar-refractivity contribution is 7.71. The van der Waals surface area contributed by atoms with E-state index >= 15 is 0 Å². The smallest absolute Gasteiger partial charge is 0.272 e. The second-order valence-electron chi connectivity index (χ2n) is 6.36. The Kier molecular flexibility index (Phi) is 6.20. The molecule has 0 aliphatic heterocycles. The van der Waals surface area contributed by atoms with Crippen molar-refractivity contribution in [2.24, 2.45) is 0 Å². The molecule has 134 valence electrons. The number of aromatic amines is 1. The van der Waals surface area contributed by atoms with Gasteiger partial charge in [0.2, 0.25) is 5.91 Å². The molecular formula is C18H23N3O2S2. The van der Waals surface area contributed by atoms with Crippen molar-refractivity contribution >= 4 is 39.7 Å². The molecule has 5 nitrogen and oxygen atoms in total. The Balaban J connectivity index is 1.46. The molecule has 2 aromatic rings. The van der Waals surface area contributed by atoms with Gasteiger partial charge in [0.15, 0.2) is 4.77 Å². The van der Waals surface area contributed by atoms with Crippen LogP contribution in [0.5, 0.6) is 0 Å². The van der Waals surface area contributed by atoms with E-state index in [0.717, 1.165) is 11.9 Å². The van der Waals surface area contributed by atoms with E-state index in [1.807, 2.05) is 11.4 Å². The van der Waals surface area contributed by atoms with Gasteiger partial charge in [-0.3, -0.25) is 14.2 Å². The first-order valence-electron chi connectivity index (χ1n) is 8.80. The Morgan fingerprint density at radius 1 is 1.40 bits per heavy atom. The van der Waals surface area contributed by atoms with Gasteiger partial charge in [0.1, 0.15) is 4.70 Å². The van der Waals surface area contributed by atoms with Crippen molar-refractivity contribution < 1.29 is 4.79 Å². The summed E-state index contributed by atoms with van der Waals surface area (Å²) in [6.07, 6.45) is 9.16. The SMILES string of the molecule is O=C(CCCn1c(=S)[nH]c2ccsc2c1=O)NCCC1=CCCCC1. The summed E-state index contributed by atoms with van der Waals surface area (Å²) in [7, 11) is 0. The summed E-state index contributed by atoms with van der Waals surface area (Å²) < 4.78 is 2.65. The zero-order valence-electron chi connectivity index (χ0n) is 14.2. The van der Waals surface area contributed by atoms with Gasteiger partial charge < -0.3 is 10.3 Å². The van der Waals surface area contributed by atoms with E-state index in [9.17, 15) is 9.59 Å². The van der Waals surface area contributed by atoms with E-state index < -0.39 is 0 Å². The van der Waals surface area contributed by atoms with E-state index in [1.54, 1.807) is 4.57 Å². The first-order chi connectivity index (χ1) is 12.1. The summed E-state index contributed by atoms with van der Waals surface area (Å²) in [6, 6.07) is 1.86. The molecule has 0 aromatic carbocycles. The van der Waals surface area contributed by atoms with Gasteiger partial charge in [-0.05, 0) is 62.2 Å². The number of nitrogens with zero attached hydrogens (tertiary/aromatic N) is 1. The number of amides is 1. The van der Waals surface area contributed by atoms with Crippen molar-refractivity contribution in [2.45, 2.75) is 51.5 Å². The zero-order valence-corrected chi connectivity index (χ0v) is 15.8. The molecule has 0 saturated carbocycles. The standard InChI is InChI=1S/C18H23N3O2S2/c22-15(19-10-8-13-5-2-1-3-6-13)7-4-11-21-17(23)16-14(9-12-25-16)20-18(21)24/h5,9,12H,1-4,6-8,10-11H2,(H,19,22)(H,20,24).